The number of esters is 1. The first-order valence-electron chi connectivity index (χ1n) is 5.44. The van der Waals surface area contributed by atoms with E-state index in [0.29, 0.717) is 6.61 Å². The van der Waals surface area contributed by atoms with Crippen LogP contribution >= 0.6 is 0 Å². The molecule has 2 nitrogen and oxygen atoms in total. The van der Waals surface area contributed by atoms with E-state index in [1.807, 2.05) is 32.0 Å². The molecular weight excluding hydrogens is 188 g/mol. The Morgan fingerprint density at radius 2 is 2.00 bits per heavy atom. The molecular formula is C13H18O2. The molecule has 0 bridgehead atoms. The van der Waals surface area contributed by atoms with Crippen LogP contribution in [0, 0.1) is 5.92 Å². The summed E-state index contributed by atoms with van der Waals surface area (Å²) in [5.74, 6) is -0.0985. The molecule has 82 valence electrons. The van der Waals surface area contributed by atoms with Crippen LogP contribution in [0.1, 0.15) is 25.8 Å². The van der Waals surface area contributed by atoms with Gasteiger partial charge in [-0.2, -0.15) is 0 Å². The van der Waals surface area contributed by atoms with Gasteiger partial charge in [0, 0.05) is 0 Å². The Labute approximate surface area is 91.3 Å². The predicted octanol–water partition coefficient (Wildman–Crippen LogP) is 2.82. The van der Waals surface area contributed by atoms with Crippen LogP contribution < -0.4 is 0 Å². The van der Waals surface area contributed by atoms with Crippen molar-refractivity contribution in [2.45, 2.75) is 26.7 Å². The summed E-state index contributed by atoms with van der Waals surface area (Å²) in [5, 5.41) is 0. The number of carbonyl (C=O) groups excluding carboxylic acids is 1. The Morgan fingerprint density at radius 3 is 2.60 bits per heavy atom. The Morgan fingerprint density at radius 1 is 1.33 bits per heavy atom. The van der Waals surface area contributed by atoms with Crippen LogP contribution in [-0.2, 0) is 16.0 Å². The molecule has 0 aromatic heterocycles. The third-order valence-electron chi connectivity index (χ3n) is 2.40. The van der Waals surface area contributed by atoms with Crippen molar-refractivity contribution in [2.75, 3.05) is 6.61 Å². The third-order valence-corrected chi connectivity index (χ3v) is 2.40. The SMILES string of the molecule is CCOC(=O)C(C)CCc1ccccc1. The van der Waals surface area contributed by atoms with Gasteiger partial charge < -0.3 is 4.74 Å². The summed E-state index contributed by atoms with van der Waals surface area (Å²) in [4.78, 5) is 11.3. The lowest BCUT2D eigenvalue weighted by molar-refractivity contribution is -0.147. The fraction of sp³-hybridized carbons (Fsp3) is 0.462. The van der Waals surface area contributed by atoms with Crippen LogP contribution in [-0.4, -0.2) is 12.6 Å². The lowest BCUT2D eigenvalue weighted by Crippen LogP contribution is -2.15. The Hall–Kier alpha value is -1.31. The van der Waals surface area contributed by atoms with Crippen molar-refractivity contribution < 1.29 is 9.53 Å². The maximum Gasteiger partial charge on any atom is 0.308 e. The zero-order valence-electron chi connectivity index (χ0n) is 9.40. The number of hydrogen-bond donors (Lipinski definition) is 0. The van der Waals surface area contributed by atoms with Crippen molar-refractivity contribution in [1.29, 1.82) is 0 Å². The van der Waals surface area contributed by atoms with Gasteiger partial charge in [-0.25, -0.2) is 0 Å². The molecule has 1 rings (SSSR count). The number of rotatable bonds is 5. The molecule has 0 radical (unpaired) electrons. The quantitative estimate of drug-likeness (QED) is 0.692. The molecule has 1 atom stereocenters. The second-order valence-corrected chi connectivity index (χ2v) is 3.68. The summed E-state index contributed by atoms with van der Waals surface area (Å²) in [6.07, 6.45) is 1.78. The summed E-state index contributed by atoms with van der Waals surface area (Å²) in [6.45, 7) is 4.22. The fourth-order valence-electron chi connectivity index (χ4n) is 1.43. The average molecular weight is 206 g/mol. The maximum absolute atomic E-state index is 11.3. The van der Waals surface area contributed by atoms with Crippen LogP contribution in [0.5, 0.6) is 0 Å². The van der Waals surface area contributed by atoms with E-state index in [4.69, 9.17) is 4.74 Å². The molecule has 0 N–H and O–H groups in total. The smallest absolute Gasteiger partial charge is 0.308 e. The van der Waals surface area contributed by atoms with Gasteiger partial charge in [-0.05, 0) is 25.3 Å². The molecule has 0 fully saturated rings. The minimum absolute atomic E-state index is 0.00911. The van der Waals surface area contributed by atoms with Gasteiger partial charge in [0.2, 0.25) is 0 Å². The van der Waals surface area contributed by atoms with E-state index in [1.54, 1.807) is 0 Å². The zero-order valence-corrected chi connectivity index (χ0v) is 9.40. The summed E-state index contributed by atoms with van der Waals surface area (Å²) in [7, 11) is 0. The number of benzene rings is 1. The summed E-state index contributed by atoms with van der Waals surface area (Å²) < 4.78 is 4.95. The van der Waals surface area contributed by atoms with Crippen molar-refractivity contribution in [1.82, 2.24) is 0 Å². The first-order valence-corrected chi connectivity index (χ1v) is 5.44. The van der Waals surface area contributed by atoms with E-state index in [1.165, 1.54) is 5.56 Å². The zero-order chi connectivity index (χ0) is 11.1. The summed E-state index contributed by atoms with van der Waals surface area (Å²) in [5.41, 5.74) is 1.27. The van der Waals surface area contributed by atoms with Crippen LogP contribution in [0.3, 0.4) is 0 Å². The summed E-state index contributed by atoms with van der Waals surface area (Å²) >= 11 is 0. The molecule has 1 aromatic rings. The second-order valence-electron chi connectivity index (χ2n) is 3.68. The van der Waals surface area contributed by atoms with Gasteiger partial charge in [-0.1, -0.05) is 37.3 Å². The Kier molecular flexibility index (Phi) is 4.88. The van der Waals surface area contributed by atoms with Crippen LogP contribution in [0.15, 0.2) is 30.3 Å². The molecule has 1 unspecified atom stereocenters. The maximum atomic E-state index is 11.3. The van der Waals surface area contributed by atoms with Crippen LogP contribution in [0.4, 0.5) is 0 Å². The van der Waals surface area contributed by atoms with E-state index in [0.717, 1.165) is 12.8 Å². The van der Waals surface area contributed by atoms with E-state index in [2.05, 4.69) is 12.1 Å². The lowest BCUT2D eigenvalue weighted by Gasteiger charge is -2.09. The standard InChI is InChI=1S/C13H18O2/c1-3-15-13(14)11(2)9-10-12-7-5-4-6-8-12/h4-8,11H,3,9-10H2,1-2H3. The molecule has 0 saturated heterocycles. The van der Waals surface area contributed by atoms with E-state index < -0.39 is 0 Å². The lowest BCUT2D eigenvalue weighted by atomic mass is 10.0. The van der Waals surface area contributed by atoms with Gasteiger partial charge >= 0.3 is 5.97 Å². The van der Waals surface area contributed by atoms with Gasteiger partial charge in [0.25, 0.3) is 0 Å². The number of ether oxygens (including phenoxy) is 1. The topological polar surface area (TPSA) is 26.3 Å². The Bertz CT molecular complexity index is 293. The molecule has 0 amide bonds. The van der Waals surface area contributed by atoms with Crippen molar-refractivity contribution in [2.24, 2.45) is 5.92 Å². The largest absolute Gasteiger partial charge is 0.466 e. The van der Waals surface area contributed by atoms with Crippen LogP contribution in [0.2, 0.25) is 0 Å². The molecule has 2 heteroatoms. The second kappa shape index (κ2) is 6.23. The minimum atomic E-state index is -0.0894. The number of carbonyl (C=O) groups is 1. The third kappa shape index (κ3) is 4.15. The van der Waals surface area contributed by atoms with Gasteiger partial charge in [0.05, 0.1) is 12.5 Å². The highest BCUT2D eigenvalue weighted by atomic mass is 16.5. The molecule has 0 aliphatic heterocycles. The Balaban J connectivity index is 2.34. The van der Waals surface area contributed by atoms with E-state index in [9.17, 15) is 4.79 Å². The molecule has 0 aliphatic rings. The van der Waals surface area contributed by atoms with Gasteiger partial charge in [0.15, 0.2) is 0 Å². The van der Waals surface area contributed by atoms with Gasteiger partial charge in [-0.3, -0.25) is 4.79 Å². The van der Waals surface area contributed by atoms with E-state index in [-0.39, 0.29) is 11.9 Å². The highest BCUT2D eigenvalue weighted by molar-refractivity contribution is 5.71. The van der Waals surface area contributed by atoms with Gasteiger partial charge in [-0.15, -0.1) is 0 Å². The fourth-order valence-corrected chi connectivity index (χ4v) is 1.43. The normalized spacial score (nSPS) is 12.1. The van der Waals surface area contributed by atoms with Crippen molar-refractivity contribution in [3.05, 3.63) is 35.9 Å². The predicted molar refractivity (Wildman–Crippen MR) is 60.6 cm³/mol. The summed E-state index contributed by atoms with van der Waals surface area (Å²) in [6, 6.07) is 10.2. The van der Waals surface area contributed by atoms with Crippen LogP contribution in [0.25, 0.3) is 0 Å². The van der Waals surface area contributed by atoms with Crippen molar-refractivity contribution in [3.8, 4) is 0 Å². The first-order chi connectivity index (χ1) is 7.24. The van der Waals surface area contributed by atoms with Crippen molar-refractivity contribution >= 4 is 5.97 Å². The highest BCUT2D eigenvalue weighted by Crippen LogP contribution is 2.10. The molecule has 0 aliphatic carbocycles. The molecule has 0 spiro atoms. The first kappa shape index (κ1) is 11.8. The molecule has 0 saturated carbocycles. The highest BCUT2D eigenvalue weighted by Gasteiger charge is 2.13. The molecule has 1 aromatic carbocycles. The monoisotopic (exact) mass is 206 g/mol. The minimum Gasteiger partial charge on any atom is -0.466 e. The van der Waals surface area contributed by atoms with Crippen molar-refractivity contribution in [3.63, 3.8) is 0 Å². The average Bonchev–Trinajstić information content (AvgIpc) is 2.27. The molecule has 15 heavy (non-hydrogen) atoms. The van der Waals surface area contributed by atoms with E-state index >= 15 is 0 Å². The molecule has 0 heterocycles. The number of hydrogen-bond acceptors (Lipinski definition) is 2. The van der Waals surface area contributed by atoms with Gasteiger partial charge in [0.1, 0.15) is 0 Å². The number of aryl methyl sites for hydroxylation is 1.